The van der Waals surface area contributed by atoms with Gasteiger partial charge in [0.05, 0.1) is 29.3 Å². The minimum absolute atomic E-state index is 0.304. The van der Waals surface area contributed by atoms with Crippen LogP contribution in [0.15, 0.2) is 50.8 Å². The molecule has 0 unspecified atom stereocenters. The van der Waals surface area contributed by atoms with E-state index in [4.69, 9.17) is 9.47 Å². The number of hydrogen-bond acceptors (Lipinski definition) is 5. The third-order valence-corrected chi connectivity index (χ3v) is 7.18. The fraction of sp³-hybridized carbons (Fsp3) is 0.350. The van der Waals surface area contributed by atoms with Gasteiger partial charge in [-0.25, -0.2) is 8.42 Å². The van der Waals surface area contributed by atoms with Crippen molar-refractivity contribution in [2.24, 2.45) is 4.99 Å². The minimum atomic E-state index is -3.43. The summed E-state index contributed by atoms with van der Waals surface area (Å²) < 4.78 is 38.4. The molecule has 0 N–H and O–H groups in total. The van der Waals surface area contributed by atoms with Gasteiger partial charge in [-0.15, -0.1) is 0 Å². The van der Waals surface area contributed by atoms with Gasteiger partial charge in [0.1, 0.15) is 11.5 Å². The zero-order valence-electron chi connectivity index (χ0n) is 15.9. The lowest BCUT2D eigenvalue weighted by Crippen LogP contribution is -2.35. The van der Waals surface area contributed by atoms with Crippen LogP contribution in [0, 0.1) is 0 Å². The molecule has 28 heavy (non-hydrogen) atoms. The smallest absolute Gasteiger partial charge is 0.243 e. The van der Waals surface area contributed by atoms with E-state index in [0.717, 1.165) is 29.3 Å². The summed E-state index contributed by atoms with van der Waals surface area (Å²) in [5.41, 5.74) is 1.44. The predicted molar refractivity (Wildman–Crippen MR) is 114 cm³/mol. The number of rotatable bonds is 6. The van der Waals surface area contributed by atoms with Crippen LogP contribution >= 0.6 is 15.9 Å². The van der Waals surface area contributed by atoms with E-state index in [0.29, 0.717) is 35.2 Å². The van der Waals surface area contributed by atoms with Crippen molar-refractivity contribution in [3.8, 4) is 11.5 Å². The Labute approximate surface area is 174 Å². The topological polar surface area (TPSA) is 68.2 Å². The highest BCUT2D eigenvalue weighted by Crippen LogP contribution is 2.32. The zero-order chi connectivity index (χ0) is 20.1. The van der Waals surface area contributed by atoms with E-state index in [9.17, 15) is 8.42 Å². The highest BCUT2D eigenvalue weighted by molar-refractivity contribution is 9.10. The van der Waals surface area contributed by atoms with Gasteiger partial charge >= 0.3 is 0 Å². The maximum atomic E-state index is 12.7. The molecule has 0 saturated carbocycles. The lowest BCUT2D eigenvalue weighted by molar-refractivity contribution is 0.346. The monoisotopic (exact) mass is 466 g/mol. The molecular weight excluding hydrogens is 444 g/mol. The summed E-state index contributed by atoms with van der Waals surface area (Å²) >= 11 is 3.45. The first-order chi connectivity index (χ1) is 13.5. The van der Waals surface area contributed by atoms with Crippen LogP contribution in [0.3, 0.4) is 0 Å². The van der Waals surface area contributed by atoms with Crippen LogP contribution in [0.5, 0.6) is 11.5 Å². The molecule has 2 aromatic rings. The van der Waals surface area contributed by atoms with E-state index in [2.05, 4.69) is 20.9 Å². The predicted octanol–water partition coefficient (Wildman–Crippen LogP) is 4.39. The molecule has 2 aromatic carbocycles. The summed E-state index contributed by atoms with van der Waals surface area (Å²) in [6.45, 7) is 1.18. The van der Waals surface area contributed by atoms with Gasteiger partial charge in [0.15, 0.2) is 0 Å². The van der Waals surface area contributed by atoms with E-state index >= 15 is 0 Å². The van der Waals surface area contributed by atoms with E-state index < -0.39 is 10.0 Å². The molecule has 3 rings (SSSR count). The Morgan fingerprint density at radius 2 is 1.64 bits per heavy atom. The second-order valence-electron chi connectivity index (χ2n) is 6.45. The third-order valence-electron chi connectivity index (χ3n) is 4.65. The molecule has 0 spiro atoms. The molecule has 0 amide bonds. The summed E-state index contributed by atoms with van der Waals surface area (Å²) in [5.74, 6) is 1.30. The first-order valence-electron chi connectivity index (χ1n) is 9.01. The Balaban J connectivity index is 1.80. The molecule has 1 fully saturated rings. The summed E-state index contributed by atoms with van der Waals surface area (Å²) in [6, 6.07) is 10.3. The average Bonchev–Trinajstić information content (AvgIpc) is 2.73. The van der Waals surface area contributed by atoms with Crippen molar-refractivity contribution in [1.82, 2.24) is 4.31 Å². The Morgan fingerprint density at radius 1 is 1.00 bits per heavy atom. The number of aliphatic imine (C=N–C) groups is 1. The third kappa shape index (κ3) is 4.56. The summed E-state index contributed by atoms with van der Waals surface area (Å²) in [7, 11) is -0.255. The molecule has 1 saturated heterocycles. The molecule has 0 aromatic heterocycles. The maximum Gasteiger partial charge on any atom is 0.243 e. The number of hydrogen-bond donors (Lipinski definition) is 0. The second-order valence-corrected chi connectivity index (χ2v) is 9.24. The summed E-state index contributed by atoms with van der Waals surface area (Å²) in [6.07, 6.45) is 4.60. The minimum Gasteiger partial charge on any atom is -0.496 e. The normalized spacial score (nSPS) is 15.7. The van der Waals surface area contributed by atoms with Gasteiger partial charge in [-0.2, -0.15) is 4.31 Å². The van der Waals surface area contributed by atoms with Crippen LogP contribution in [0.1, 0.15) is 24.8 Å². The molecule has 150 valence electrons. The van der Waals surface area contributed by atoms with Crippen molar-refractivity contribution >= 4 is 37.9 Å². The number of piperidine rings is 1. The van der Waals surface area contributed by atoms with Gasteiger partial charge in [0.2, 0.25) is 10.0 Å². The second kappa shape index (κ2) is 9.07. The summed E-state index contributed by atoms with van der Waals surface area (Å²) in [5, 5.41) is 0. The molecule has 1 aliphatic rings. The molecule has 6 nitrogen and oxygen atoms in total. The van der Waals surface area contributed by atoms with E-state index in [1.807, 2.05) is 6.07 Å². The maximum absolute atomic E-state index is 12.7. The molecule has 8 heteroatoms. The first kappa shape index (κ1) is 20.8. The van der Waals surface area contributed by atoms with Crippen LogP contribution in [-0.4, -0.2) is 46.2 Å². The lowest BCUT2D eigenvalue weighted by Gasteiger charge is -2.25. The molecule has 0 bridgehead atoms. The number of sulfonamides is 1. The van der Waals surface area contributed by atoms with Gasteiger partial charge in [-0.05, 0) is 59.1 Å². The molecule has 0 radical (unpaired) electrons. The first-order valence-corrected chi connectivity index (χ1v) is 11.2. The van der Waals surface area contributed by atoms with Crippen LogP contribution in [0.2, 0.25) is 0 Å². The highest BCUT2D eigenvalue weighted by atomic mass is 79.9. The quantitative estimate of drug-likeness (QED) is 0.591. The molecule has 1 heterocycles. The van der Waals surface area contributed by atoms with E-state index in [1.54, 1.807) is 55.1 Å². The van der Waals surface area contributed by atoms with Crippen molar-refractivity contribution < 1.29 is 17.9 Å². The number of benzene rings is 2. The fourth-order valence-corrected chi connectivity index (χ4v) is 5.13. The van der Waals surface area contributed by atoms with E-state index in [1.165, 1.54) is 0 Å². The van der Waals surface area contributed by atoms with Gasteiger partial charge < -0.3 is 9.47 Å². The molecule has 0 atom stereocenters. The Kier molecular flexibility index (Phi) is 6.74. The standard InChI is InChI=1S/C20H23BrN2O4S/c1-26-19-13-20(27-2)18(21)12-15(19)14-22-16-6-8-17(9-7-16)28(24,25)23-10-4-3-5-11-23/h6-9,12-14H,3-5,10-11H2,1-2H3. The van der Waals surface area contributed by atoms with Gasteiger partial charge in [0, 0.05) is 30.9 Å². The van der Waals surface area contributed by atoms with Crippen molar-refractivity contribution in [3.63, 3.8) is 0 Å². The highest BCUT2D eigenvalue weighted by Gasteiger charge is 2.25. The van der Waals surface area contributed by atoms with Gasteiger partial charge in [-0.3, -0.25) is 4.99 Å². The molecule has 1 aliphatic heterocycles. The van der Waals surface area contributed by atoms with Crippen LogP contribution in [0.25, 0.3) is 0 Å². The Bertz CT molecular complexity index is 953. The Morgan fingerprint density at radius 3 is 2.25 bits per heavy atom. The van der Waals surface area contributed by atoms with Crippen LogP contribution in [-0.2, 0) is 10.0 Å². The van der Waals surface area contributed by atoms with Crippen LogP contribution < -0.4 is 9.47 Å². The van der Waals surface area contributed by atoms with Crippen LogP contribution in [0.4, 0.5) is 5.69 Å². The fourth-order valence-electron chi connectivity index (χ4n) is 3.09. The average molecular weight is 467 g/mol. The van der Waals surface area contributed by atoms with Crippen molar-refractivity contribution in [1.29, 1.82) is 0 Å². The van der Waals surface area contributed by atoms with Crippen molar-refractivity contribution in [2.45, 2.75) is 24.2 Å². The lowest BCUT2D eigenvalue weighted by atomic mass is 10.2. The van der Waals surface area contributed by atoms with Gasteiger partial charge in [0.25, 0.3) is 0 Å². The number of halogens is 1. The van der Waals surface area contributed by atoms with Crippen molar-refractivity contribution in [3.05, 3.63) is 46.4 Å². The van der Waals surface area contributed by atoms with Crippen molar-refractivity contribution in [2.75, 3.05) is 27.3 Å². The molecule has 0 aliphatic carbocycles. The Hall–Kier alpha value is -1.90. The van der Waals surface area contributed by atoms with Gasteiger partial charge in [-0.1, -0.05) is 6.42 Å². The SMILES string of the molecule is COc1cc(OC)c(C=Nc2ccc(S(=O)(=O)N3CCCCC3)cc2)cc1Br. The number of ether oxygens (including phenoxy) is 2. The number of methoxy groups -OCH3 is 2. The molecular formula is C20H23BrN2O4S. The summed E-state index contributed by atoms with van der Waals surface area (Å²) in [4.78, 5) is 4.75. The largest absolute Gasteiger partial charge is 0.496 e. The number of nitrogens with zero attached hydrogens (tertiary/aromatic N) is 2. The zero-order valence-corrected chi connectivity index (χ0v) is 18.3. The van der Waals surface area contributed by atoms with E-state index in [-0.39, 0.29) is 0 Å².